The summed E-state index contributed by atoms with van der Waals surface area (Å²) in [5.74, 6) is -0.481. The molecule has 0 bridgehead atoms. The van der Waals surface area contributed by atoms with E-state index >= 15 is 0 Å². The molecular weight excluding hydrogens is 314 g/mol. The van der Waals surface area contributed by atoms with Crippen LogP contribution in [0, 0.1) is 6.92 Å². The number of thioether (sulfide) groups is 1. The molecular formula is C16H23N3O3S. The van der Waals surface area contributed by atoms with E-state index in [1.54, 1.807) is 6.92 Å². The Labute approximate surface area is 140 Å². The monoisotopic (exact) mass is 337 g/mol. The van der Waals surface area contributed by atoms with E-state index in [0.29, 0.717) is 6.54 Å². The Morgan fingerprint density at radius 3 is 2.35 bits per heavy atom. The number of hydrogen-bond donors (Lipinski definition) is 3. The SMILES string of the molecule is CCNC(=O)CNC(=O)[C@H](C)SCC(=O)Nc1ccc(C)cc1. The molecule has 1 aromatic rings. The second-order valence-electron chi connectivity index (χ2n) is 5.04. The van der Waals surface area contributed by atoms with Crippen molar-refractivity contribution >= 4 is 35.2 Å². The predicted octanol–water partition coefficient (Wildman–Crippen LogP) is 1.31. The number of aryl methyl sites for hydroxylation is 1. The Bertz CT molecular complexity index is 546. The minimum Gasteiger partial charge on any atom is -0.355 e. The first kappa shape index (κ1) is 19.0. The van der Waals surface area contributed by atoms with E-state index in [9.17, 15) is 14.4 Å². The average Bonchev–Trinajstić information content (AvgIpc) is 2.52. The molecule has 3 amide bonds. The highest BCUT2D eigenvalue weighted by molar-refractivity contribution is 8.01. The molecule has 1 atom stereocenters. The van der Waals surface area contributed by atoms with Crippen LogP contribution in [-0.2, 0) is 14.4 Å². The zero-order valence-corrected chi connectivity index (χ0v) is 14.5. The largest absolute Gasteiger partial charge is 0.355 e. The fourth-order valence-corrected chi connectivity index (χ4v) is 2.39. The normalized spacial score (nSPS) is 11.4. The lowest BCUT2D eigenvalue weighted by molar-refractivity contribution is -0.125. The minimum absolute atomic E-state index is 0.0485. The van der Waals surface area contributed by atoms with Gasteiger partial charge in [-0.15, -0.1) is 11.8 Å². The van der Waals surface area contributed by atoms with E-state index in [4.69, 9.17) is 0 Å². The Morgan fingerprint density at radius 2 is 1.74 bits per heavy atom. The summed E-state index contributed by atoms with van der Waals surface area (Å²) in [6.45, 7) is 5.97. The van der Waals surface area contributed by atoms with Gasteiger partial charge in [0.2, 0.25) is 17.7 Å². The third-order valence-electron chi connectivity index (χ3n) is 2.97. The molecule has 0 saturated heterocycles. The first-order chi connectivity index (χ1) is 10.9. The number of carbonyl (C=O) groups excluding carboxylic acids is 3. The molecule has 0 heterocycles. The van der Waals surface area contributed by atoms with Gasteiger partial charge in [0.05, 0.1) is 17.5 Å². The molecule has 0 saturated carbocycles. The fraction of sp³-hybridized carbons (Fsp3) is 0.438. The van der Waals surface area contributed by atoms with Crippen molar-refractivity contribution in [2.45, 2.75) is 26.0 Å². The molecule has 0 fully saturated rings. The first-order valence-electron chi connectivity index (χ1n) is 7.45. The van der Waals surface area contributed by atoms with Gasteiger partial charge in [-0.3, -0.25) is 14.4 Å². The van der Waals surface area contributed by atoms with Crippen LogP contribution in [0.25, 0.3) is 0 Å². The number of likely N-dealkylation sites (N-methyl/N-ethyl adjacent to an activating group) is 1. The number of carbonyl (C=O) groups is 3. The Balaban J connectivity index is 2.29. The number of nitrogens with one attached hydrogen (secondary N) is 3. The van der Waals surface area contributed by atoms with Crippen molar-refractivity contribution in [1.29, 1.82) is 0 Å². The van der Waals surface area contributed by atoms with Gasteiger partial charge < -0.3 is 16.0 Å². The second kappa shape index (κ2) is 9.89. The van der Waals surface area contributed by atoms with Crippen molar-refractivity contribution in [2.24, 2.45) is 0 Å². The van der Waals surface area contributed by atoms with E-state index in [1.165, 1.54) is 11.8 Å². The van der Waals surface area contributed by atoms with E-state index in [-0.39, 0.29) is 30.0 Å². The minimum atomic E-state index is -0.409. The highest BCUT2D eigenvalue weighted by atomic mass is 32.2. The fourth-order valence-electron chi connectivity index (χ4n) is 1.68. The Morgan fingerprint density at radius 1 is 1.09 bits per heavy atom. The lowest BCUT2D eigenvalue weighted by atomic mass is 10.2. The van der Waals surface area contributed by atoms with Gasteiger partial charge in [-0.2, -0.15) is 0 Å². The van der Waals surface area contributed by atoms with Crippen LogP contribution in [0.4, 0.5) is 5.69 Å². The molecule has 0 aliphatic heterocycles. The summed E-state index contributed by atoms with van der Waals surface area (Å²) in [5.41, 5.74) is 1.85. The molecule has 0 aromatic heterocycles. The van der Waals surface area contributed by atoms with Crippen molar-refractivity contribution in [1.82, 2.24) is 10.6 Å². The number of amides is 3. The maximum absolute atomic E-state index is 11.8. The van der Waals surface area contributed by atoms with Crippen molar-refractivity contribution in [2.75, 3.05) is 24.2 Å². The van der Waals surface area contributed by atoms with Crippen LogP contribution < -0.4 is 16.0 Å². The standard InChI is InChI=1S/C16H23N3O3S/c1-4-17-14(20)9-18-16(22)12(3)23-10-15(21)19-13-7-5-11(2)6-8-13/h5-8,12H,4,9-10H2,1-3H3,(H,17,20)(H,18,22)(H,19,21)/t12-/m0/s1. The molecule has 23 heavy (non-hydrogen) atoms. The van der Waals surface area contributed by atoms with E-state index in [2.05, 4.69) is 16.0 Å². The number of benzene rings is 1. The van der Waals surface area contributed by atoms with Crippen molar-refractivity contribution in [3.63, 3.8) is 0 Å². The number of hydrogen-bond acceptors (Lipinski definition) is 4. The lowest BCUT2D eigenvalue weighted by Crippen LogP contribution is -2.40. The quantitative estimate of drug-likeness (QED) is 0.667. The Hall–Kier alpha value is -2.02. The molecule has 6 nitrogen and oxygen atoms in total. The molecule has 7 heteroatoms. The van der Waals surface area contributed by atoms with Gasteiger partial charge in [0.15, 0.2) is 0 Å². The van der Waals surface area contributed by atoms with Gasteiger partial charge in [0.1, 0.15) is 0 Å². The summed E-state index contributed by atoms with van der Waals surface area (Å²) in [4.78, 5) is 34.9. The summed E-state index contributed by atoms with van der Waals surface area (Å²) in [6.07, 6.45) is 0. The molecule has 0 radical (unpaired) electrons. The molecule has 0 aliphatic carbocycles. The van der Waals surface area contributed by atoms with Gasteiger partial charge in [0, 0.05) is 12.2 Å². The van der Waals surface area contributed by atoms with Crippen LogP contribution in [0.15, 0.2) is 24.3 Å². The summed E-state index contributed by atoms with van der Waals surface area (Å²) >= 11 is 1.22. The zero-order chi connectivity index (χ0) is 17.2. The third-order valence-corrected chi connectivity index (χ3v) is 4.11. The highest BCUT2D eigenvalue weighted by Gasteiger charge is 2.15. The van der Waals surface area contributed by atoms with Gasteiger partial charge in [-0.1, -0.05) is 17.7 Å². The maximum Gasteiger partial charge on any atom is 0.239 e. The van der Waals surface area contributed by atoms with Gasteiger partial charge in [-0.25, -0.2) is 0 Å². The number of rotatable bonds is 8. The molecule has 0 unspecified atom stereocenters. The molecule has 126 valence electrons. The summed E-state index contributed by atoms with van der Waals surface area (Å²) < 4.78 is 0. The molecule has 1 aromatic carbocycles. The van der Waals surface area contributed by atoms with Gasteiger partial charge in [-0.05, 0) is 32.9 Å². The lowest BCUT2D eigenvalue weighted by Gasteiger charge is -2.12. The van der Waals surface area contributed by atoms with Crippen LogP contribution >= 0.6 is 11.8 Å². The topological polar surface area (TPSA) is 87.3 Å². The van der Waals surface area contributed by atoms with Crippen LogP contribution in [0.2, 0.25) is 0 Å². The molecule has 0 aliphatic rings. The van der Waals surface area contributed by atoms with Crippen molar-refractivity contribution in [3.05, 3.63) is 29.8 Å². The van der Waals surface area contributed by atoms with Crippen molar-refractivity contribution < 1.29 is 14.4 Å². The zero-order valence-electron chi connectivity index (χ0n) is 13.6. The van der Waals surface area contributed by atoms with Crippen LogP contribution in [-0.4, -0.2) is 41.8 Å². The first-order valence-corrected chi connectivity index (χ1v) is 8.49. The maximum atomic E-state index is 11.8. The average molecular weight is 337 g/mol. The predicted molar refractivity (Wildman–Crippen MR) is 93.4 cm³/mol. The van der Waals surface area contributed by atoms with E-state index in [0.717, 1.165) is 11.3 Å². The molecule has 3 N–H and O–H groups in total. The van der Waals surface area contributed by atoms with Crippen LogP contribution in [0.5, 0.6) is 0 Å². The smallest absolute Gasteiger partial charge is 0.239 e. The van der Waals surface area contributed by atoms with E-state index in [1.807, 2.05) is 38.1 Å². The summed E-state index contributed by atoms with van der Waals surface area (Å²) in [5, 5.41) is 7.51. The van der Waals surface area contributed by atoms with Gasteiger partial charge >= 0.3 is 0 Å². The Kier molecular flexibility index (Phi) is 8.18. The summed E-state index contributed by atoms with van der Waals surface area (Å²) in [7, 11) is 0. The van der Waals surface area contributed by atoms with Crippen LogP contribution in [0.1, 0.15) is 19.4 Å². The van der Waals surface area contributed by atoms with Crippen molar-refractivity contribution in [3.8, 4) is 0 Å². The molecule has 0 spiro atoms. The molecule has 1 rings (SSSR count). The summed E-state index contributed by atoms with van der Waals surface area (Å²) in [6, 6.07) is 7.50. The third kappa shape index (κ3) is 7.69. The number of anilines is 1. The van der Waals surface area contributed by atoms with E-state index < -0.39 is 5.25 Å². The highest BCUT2D eigenvalue weighted by Crippen LogP contribution is 2.13. The second-order valence-corrected chi connectivity index (χ2v) is 6.37. The van der Waals surface area contributed by atoms with Gasteiger partial charge in [0.25, 0.3) is 0 Å². The van der Waals surface area contributed by atoms with Crippen LogP contribution in [0.3, 0.4) is 0 Å².